The molecule has 2 aromatic heterocycles. The highest BCUT2D eigenvalue weighted by atomic mass is 16.4. The molecule has 0 saturated heterocycles. The van der Waals surface area contributed by atoms with Crippen LogP contribution in [0.5, 0.6) is 0 Å². The lowest BCUT2D eigenvalue weighted by Crippen LogP contribution is -2.22. The van der Waals surface area contributed by atoms with Crippen LogP contribution in [0.4, 0.5) is 0 Å². The molecule has 21 heavy (non-hydrogen) atoms. The molecule has 0 aliphatic rings. The number of carbonyl (C=O) groups is 1. The van der Waals surface area contributed by atoms with Gasteiger partial charge in [0.25, 0.3) is 0 Å². The Hall–Kier alpha value is -2.28. The third-order valence-corrected chi connectivity index (χ3v) is 3.37. The summed E-state index contributed by atoms with van der Waals surface area (Å²) in [6.45, 7) is 3.19. The summed E-state index contributed by atoms with van der Waals surface area (Å²) < 4.78 is 1.66. The van der Waals surface area contributed by atoms with Crippen LogP contribution in [0, 0.1) is 0 Å². The third kappa shape index (κ3) is 4.35. The number of carboxylic acid groups (broad SMARTS) is 1. The highest BCUT2D eigenvalue weighted by Gasteiger charge is 2.14. The van der Waals surface area contributed by atoms with Gasteiger partial charge in [-0.2, -0.15) is 5.10 Å². The molecule has 0 fully saturated rings. The first kappa shape index (κ1) is 15.1. The van der Waals surface area contributed by atoms with Gasteiger partial charge in [0.15, 0.2) is 0 Å². The lowest BCUT2D eigenvalue weighted by Gasteiger charge is -2.23. The molecule has 0 saturated carbocycles. The summed E-state index contributed by atoms with van der Waals surface area (Å²) in [7, 11) is 2.02. The lowest BCUT2D eigenvalue weighted by molar-refractivity contribution is -0.137. The van der Waals surface area contributed by atoms with Crippen molar-refractivity contribution in [1.82, 2.24) is 24.6 Å². The quantitative estimate of drug-likeness (QED) is 0.828. The van der Waals surface area contributed by atoms with E-state index in [1.54, 1.807) is 23.4 Å². The Morgan fingerprint density at radius 3 is 3.00 bits per heavy atom. The smallest absolute Gasteiger partial charge is 0.305 e. The molecule has 2 rings (SSSR count). The summed E-state index contributed by atoms with van der Waals surface area (Å²) in [5, 5.41) is 12.8. The second kappa shape index (κ2) is 6.94. The molecule has 7 heteroatoms. The van der Waals surface area contributed by atoms with Crippen molar-refractivity contribution in [2.24, 2.45) is 0 Å². The van der Waals surface area contributed by atoms with Crippen molar-refractivity contribution in [1.29, 1.82) is 0 Å². The largest absolute Gasteiger partial charge is 0.481 e. The van der Waals surface area contributed by atoms with Crippen LogP contribution in [0.25, 0.3) is 0 Å². The van der Waals surface area contributed by atoms with Crippen LogP contribution in [0.3, 0.4) is 0 Å². The zero-order valence-corrected chi connectivity index (χ0v) is 12.2. The molecule has 2 heterocycles. The molecule has 0 aromatic carbocycles. The number of rotatable bonds is 7. The number of hydrogen-bond acceptors (Lipinski definition) is 5. The minimum atomic E-state index is -0.818. The minimum absolute atomic E-state index is 0.0777. The van der Waals surface area contributed by atoms with Crippen molar-refractivity contribution >= 4 is 5.97 Å². The van der Waals surface area contributed by atoms with Gasteiger partial charge in [0.2, 0.25) is 0 Å². The van der Waals surface area contributed by atoms with Gasteiger partial charge in [-0.25, -0.2) is 9.97 Å². The molecule has 0 bridgehead atoms. The Balaban J connectivity index is 1.93. The summed E-state index contributed by atoms with van der Waals surface area (Å²) in [5.74, 6) is -0.818. The van der Waals surface area contributed by atoms with Gasteiger partial charge in [-0.05, 0) is 20.0 Å². The molecule has 0 aliphatic heterocycles. The van der Waals surface area contributed by atoms with E-state index < -0.39 is 5.97 Å². The lowest BCUT2D eigenvalue weighted by atomic mass is 10.2. The van der Waals surface area contributed by atoms with Crippen molar-refractivity contribution in [2.75, 3.05) is 7.05 Å². The van der Waals surface area contributed by atoms with E-state index in [1.165, 1.54) is 0 Å². The Morgan fingerprint density at radius 2 is 2.33 bits per heavy atom. The molecule has 0 unspecified atom stereocenters. The van der Waals surface area contributed by atoms with E-state index in [2.05, 4.69) is 26.9 Å². The number of hydrogen-bond donors (Lipinski definition) is 1. The zero-order chi connectivity index (χ0) is 15.2. The second-order valence-corrected chi connectivity index (χ2v) is 4.98. The maximum Gasteiger partial charge on any atom is 0.305 e. The van der Waals surface area contributed by atoms with Gasteiger partial charge in [0.1, 0.15) is 6.33 Å². The van der Waals surface area contributed by atoms with E-state index >= 15 is 0 Å². The van der Waals surface area contributed by atoms with E-state index in [9.17, 15) is 4.79 Å². The molecule has 0 radical (unpaired) electrons. The van der Waals surface area contributed by atoms with Crippen LogP contribution < -0.4 is 0 Å². The number of carboxylic acids is 1. The van der Waals surface area contributed by atoms with Gasteiger partial charge in [-0.1, -0.05) is 0 Å². The molecule has 7 nitrogen and oxygen atoms in total. The molecule has 0 aliphatic carbocycles. The molecule has 1 atom stereocenters. The molecule has 2 aromatic rings. The molecular weight excluding hydrogens is 270 g/mol. The predicted molar refractivity (Wildman–Crippen MR) is 76.4 cm³/mol. The van der Waals surface area contributed by atoms with Crippen molar-refractivity contribution in [3.63, 3.8) is 0 Å². The summed E-state index contributed by atoms with van der Waals surface area (Å²) in [5.41, 5.74) is 2.01. The van der Waals surface area contributed by atoms with E-state index in [-0.39, 0.29) is 12.5 Å². The number of aromatic nitrogens is 4. The normalized spacial score (nSPS) is 12.5. The van der Waals surface area contributed by atoms with Crippen molar-refractivity contribution in [3.8, 4) is 0 Å². The molecular formula is C14H19N5O2. The van der Waals surface area contributed by atoms with Crippen molar-refractivity contribution in [3.05, 3.63) is 42.2 Å². The van der Waals surface area contributed by atoms with Gasteiger partial charge >= 0.3 is 5.97 Å². The van der Waals surface area contributed by atoms with Gasteiger partial charge in [-0.3, -0.25) is 14.4 Å². The average Bonchev–Trinajstić information content (AvgIpc) is 2.92. The van der Waals surface area contributed by atoms with Crippen LogP contribution in [-0.2, 0) is 17.9 Å². The fourth-order valence-electron chi connectivity index (χ4n) is 2.02. The van der Waals surface area contributed by atoms with Crippen molar-refractivity contribution in [2.45, 2.75) is 32.5 Å². The van der Waals surface area contributed by atoms with Crippen LogP contribution in [-0.4, -0.2) is 42.8 Å². The van der Waals surface area contributed by atoms with Crippen LogP contribution >= 0.6 is 0 Å². The fourth-order valence-corrected chi connectivity index (χ4v) is 2.02. The van der Waals surface area contributed by atoms with Gasteiger partial charge in [0.05, 0.1) is 24.9 Å². The predicted octanol–water partition coefficient (Wildman–Crippen LogP) is 1.34. The average molecular weight is 289 g/mol. The Labute approximate surface area is 123 Å². The molecule has 112 valence electrons. The first-order chi connectivity index (χ1) is 10.1. The van der Waals surface area contributed by atoms with Crippen LogP contribution in [0.2, 0.25) is 0 Å². The van der Waals surface area contributed by atoms with Gasteiger partial charge in [-0.15, -0.1) is 0 Å². The zero-order valence-electron chi connectivity index (χ0n) is 12.2. The standard InChI is InChI=1S/C14H19N5O2/c1-11(13-3-5-15-10-16-13)18(2)8-12-7-17-19(9-12)6-4-14(20)21/h3,5,7,9-11H,4,6,8H2,1-2H3,(H,20,21)/t11-/m1/s1. The SMILES string of the molecule is C[C@H](c1ccncn1)N(C)Cc1cnn(CCC(=O)O)c1. The minimum Gasteiger partial charge on any atom is -0.481 e. The Kier molecular flexibility index (Phi) is 4.99. The maximum atomic E-state index is 10.5. The van der Waals surface area contributed by atoms with E-state index in [0.29, 0.717) is 6.54 Å². The Bertz CT molecular complexity index is 584. The number of nitrogens with zero attached hydrogens (tertiary/aromatic N) is 5. The second-order valence-electron chi connectivity index (χ2n) is 4.98. The molecule has 0 amide bonds. The summed E-state index contributed by atoms with van der Waals surface area (Å²) >= 11 is 0. The molecule has 1 N–H and O–H groups in total. The van der Waals surface area contributed by atoms with Gasteiger partial charge < -0.3 is 5.11 Å². The summed E-state index contributed by atoms with van der Waals surface area (Å²) in [4.78, 5) is 20.9. The van der Waals surface area contributed by atoms with Crippen LogP contribution in [0.15, 0.2) is 31.0 Å². The maximum absolute atomic E-state index is 10.5. The highest BCUT2D eigenvalue weighted by Crippen LogP contribution is 2.17. The first-order valence-corrected chi connectivity index (χ1v) is 6.75. The van der Waals surface area contributed by atoms with E-state index in [4.69, 9.17) is 5.11 Å². The van der Waals surface area contributed by atoms with E-state index in [0.717, 1.165) is 17.8 Å². The fraction of sp³-hybridized carbons (Fsp3) is 0.429. The summed E-state index contributed by atoms with van der Waals surface area (Å²) in [6, 6.07) is 2.06. The molecule has 0 spiro atoms. The van der Waals surface area contributed by atoms with Crippen molar-refractivity contribution < 1.29 is 9.90 Å². The highest BCUT2D eigenvalue weighted by molar-refractivity contribution is 5.66. The van der Waals surface area contributed by atoms with Gasteiger partial charge in [0, 0.05) is 30.5 Å². The first-order valence-electron chi connectivity index (χ1n) is 6.75. The third-order valence-electron chi connectivity index (χ3n) is 3.37. The summed E-state index contributed by atoms with van der Waals surface area (Å²) in [6.07, 6.45) is 7.01. The van der Waals surface area contributed by atoms with Crippen LogP contribution in [0.1, 0.15) is 30.6 Å². The number of aliphatic carboxylic acids is 1. The Morgan fingerprint density at radius 1 is 1.52 bits per heavy atom. The monoisotopic (exact) mass is 289 g/mol. The van der Waals surface area contributed by atoms with E-state index in [1.807, 2.05) is 19.3 Å². The number of aryl methyl sites for hydroxylation is 1. The topological polar surface area (TPSA) is 84.1 Å².